The minimum Gasteiger partial charge on any atom is -0.324 e. The maximum absolute atomic E-state index is 13.5. The summed E-state index contributed by atoms with van der Waals surface area (Å²) < 4.78 is 38.4. The van der Waals surface area contributed by atoms with Gasteiger partial charge in [-0.15, -0.1) is 0 Å². The second kappa shape index (κ2) is 7.23. The molecule has 0 aliphatic heterocycles. The number of amides is 1. The van der Waals surface area contributed by atoms with E-state index in [9.17, 15) is 17.6 Å². The first-order valence-electron chi connectivity index (χ1n) is 6.95. The smallest absolute Gasteiger partial charge is 0.232 e. The molecule has 0 radical (unpaired) electrons. The van der Waals surface area contributed by atoms with Crippen LogP contribution in [0.3, 0.4) is 0 Å². The zero-order valence-corrected chi connectivity index (χ0v) is 13.4. The normalized spacial score (nSPS) is 11.0. The van der Waals surface area contributed by atoms with Crippen molar-refractivity contribution in [3.63, 3.8) is 0 Å². The number of anilines is 2. The Bertz CT molecular complexity index is 779. The van der Waals surface area contributed by atoms with Gasteiger partial charge in [0.25, 0.3) is 0 Å². The Morgan fingerprint density at radius 3 is 2.30 bits per heavy atom. The molecule has 0 aromatic heterocycles. The number of para-hydroxylation sites is 2. The Kier molecular flexibility index (Phi) is 5.33. The van der Waals surface area contributed by atoms with Crippen molar-refractivity contribution in [1.29, 1.82) is 0 Å². The van der Waals surface area contributed by atoms with Crippen LogP contribution in [-0.2, 0) is 14.8 Å². The summed E-state index contributed by atoms with van der Waals surface area (Å²) in [6, 6.07) is 14.3. The van der Waals surface area contributed by atoms with Gasteiger partial charge in [0, 0.05) is 13.0 Å². The van der Waals surface area contributed by atoms with Crippen molar-refractivity contribution in [3.8, 4) is 0 Å². The summed E-state index contributed by atoms with van der Waals surface area (Å²) in [4.78, 5) is 11.9. The molecule has 0 unspecified atom stereocenters. The van der Waals surface area contributed by atoms with Crippen LogP contribution in [0.1, 0.15) is 6.42 Å². The van der Waals surface area contributed by atoms with Crippen molar-refractivity contribution in [2.24, 2.45) is 0 Å². The van der Waals surface area contributed by atoms with Crippen molar-refractivity contribution in [3.05, 3.63) is 60.4 Å². The van der Waals surface area contributed by atoms with E-state index in [2.05, 4.69) is 5.32 Å². The average Bonchev–Trinajstić information content (AvgIpc) is 2.49. The Morgan fingerprint density at radius 1 is 1.09 bits per heavy atom. The second-order valence-electron chi connectivity index (χ2n) is 4.95. The van der Waals surface area contributed by atoms with Gasteiger partial charge in [0.2, 0.25) is 15.9 Å². The van der Waals surface area contributed by atoms with Gasteiger partial charge in [-0.3, -0.25) is 9.10 Å². The lowest BCUT2D eigenvalue weighted by Crippen LogP contribution is -2.33. The number of rotatable bonds is 6. The van der Waals surface area contributed by atoms with Gasteiger partial charge in [0.1, 0.15) is 5.82 Å². The molecule has 0 aliphatic carbocycles. The molecule has 0 spiro atoms. The minimum absolute atomic E-state index is 0.0247. The molecule has 2 aromatic rings. The van der Waals surface area contributed by atoms with Crippen LogP contribution in [0, 0.1) is 5.82 Å². The molecular weight excluding hydrogens is 319 g/mol. The van der Waals surface area contributed by atoms with Crippen molar-refractivity contribution in [1.82, 2.24) is 0 Å². The molecule has 2 rings (SSSR count). The van der Waals surface area contributed by atoms with Crippen LogP contribution in [0.4, 0.5) is 15.8 Å². The lowest BCUT2D eigenvalue weighted by molar-refractivity contribution is -0.116. The minimum atomic E-state index is -3.52. The van der Waals surface area contributed by atoms with Gasteiger partial charge in [-0.05, 0) is 24.3 Å². The fourth-order valence-electron chi connectivity index (χ4n) is 2.06. The molecule has 5 nitrogen and oxygen atoms in total. The van der Waals surface area contributed by atoms with E-state index in [1.807, 2.05) is 0 Å². The fourth-order valence-corrected chi connectivity index (χ4v) is 2.99. The molecule has 2 aromatic carbocycles. The highest BCUT2D eigenvalue weighted by molar-refractivity contribution is 7.92. The van der Waals surface area contributed by atoms with Crippen molar-refractivity contribution in [2.45, 2.75) is 6.42 Å². The molecule has 0 bridgehead atoms. The summed E-state index contributed by atoms with van der Waals surface area (Å²) in [7, 11) is -3.52. The highest BCUT2D eigenvalue weighted by Gasteiger charge is 2.18. The van der Waals surface area contributed by atoms with E-state index in [1.54, 1.807) is 36.4 Å². The summed E-state index contributed by atoms with van der Waals surface area (Å²) in [6.07, 6.45) is 0.991. The summed E-state index contributed by atoms with van der Waals surface area (Å²) in [5.41, 5.74) is 0.553. The predicted molar refractivity (Wildman–Crippen MR) is 88.3 cm³/mol. The van der Waals surface area contributed by atoms with Gasteiger partial charge in [0.05, 0.1) is 17.6 Å². The van der Waals surface area contributed by atoms with Gasteiger partial charge < -0.3 is 5.32 Å². The number of sulfonamides is 1. The molecule has 23 heavy (non-hydrogen) atoms. The molecule has 0 saturated carbocycles. The number of carbonyl (C=O) groups excluding carboxylic acids is 1. The summed E-state index contributed by atoms with van der Waals surface area (Å²) in [5.74, 6) is -0.997. The van der Waals surface area contributed by atoms with Crippen molar-refractivity contribution in [2.75, 3.05) is 22.4 Å². The molecule has 0 saturated heterocycles. The van der Waals surface area contributed by atoms with E-state index in [1.165, 1.54) is 18.2 Å². The number of benzene rings is 2. The average molecular weight is 336 g/mol. The topological polar surface area (TPSA) is 66.5 Å². The third kappa shape index (κ3) is 4.79. The Morgan fingerprint density at radius 2 is 1.70 bits per heavy atom. The zero-order valence-electron chi connectivity index (χ0n) is 12.6. The molecule has 0 fully saturated rings. The van der Waals surface area contributed by atoms with Gasteiger partial charge in [-0.25, -0.2) is 12.8 Å². The number of nitrogens with one attached hydrogen (secondary N) is 1. The lowest BCUT2D eigenvalue weighted by atomic mass is 10.3. The van der Waals surface area contributed by atoms with Crippen LogP contribution in [0.2, 0.25) is 0 Å². The largest absolute Gasteiger partial charge is 0.324 e. The first-order chi connectivity index (χ1) is 10.9. The van der Waals surface area contributed by atoms with Gasteiger partial charge >= 0.3 is 0 Å². The van der Waals surface area contributed by atoms with E-state index >= 15 is 0 Å². The fraction of sp³-hybridized carbons (Fsp3) is 0.188. The van der Waals surface area contributed by atoms with Crippen LogP contribution in [0.15, 0.2) is 54.6 Å². The van der Waals surface area contributed by atoms with Crippen molar-refractivity contribution >= 4 is 27.3 Å². The van der Waals surface area contributed by atoms with Gasteiger partial charge in [-0.1, -0.05) is 30.3 Å². The van der Waals surface area contributed by atoms with E-state index in [-0.39, 0.29) is 18.7 Å². The standard InChI is InChI=1S/C16H17FN2O3S/c1-23(21,22)19(13-7-3-2-4-8-13)12-11-16(20)18-15-10-6-5-9-14(15)17/h2-10H,11-12H2,1H3,(H,18,20). The first kappa shape index (κ1) is 17.0. The number of halogens is 1. The van der Waals surface area contributed by atoms with Crippen LogP contribution in [0.25, 0.3) is 0 Å². The van der Waals surface area contributed by atoms with Crippen molar-refractivity contribution < 1.29 is 17.6 Å². The number of nitrogens with zero attached hydrogens (tertiary/aromatic N) is 1. The molecule has 0 heterocycles. The molecule has 7 heteroatoms. The monoisotopic (exact) mass is 336 g/mol. The SMILES string of the molecule is CS(=O)(=O)N(CCC(=O)Nc1ccccc1F)c1ccccc1. The summed E-state index contributed by atoms with van der Waals surface area (Å²) in [5, 5.41) is 2.43. The predicted octanol–water partition coefficient (Wildman–Crippen LogP) is 2.62. The number of hydrogen-bond donors (Lipinski definition) is 1. The molecule has 1 amide bonds. The Hall–Kier alpha value is -2.41. The van der Waals surface area contributed by atoms with Crippen LogP contribution in [0.5, 0.6) is 0 Å². The van der Waals surface area contributed by atoms with E-state index < -0.39 is 21.7 Å². The van der Waals surface area contributed by atoms with Crippen LogP contribution in [-0.4, -0.2) is 27.1 Å². The highest BCUT2D eigenvalue weighted by Crippen LogP contribution is 2.18. The third-order valence-corrected chi connectivity index (χ3v) is 4.33. The second-order valence-corrected chi connectivity index (χ2v) is 6.86. The third-order valence-electron chi connectivity index (χ3n) is 3.13. The zero-order chi connectivity index (χ0) is 16.9. The maximum Gasteiger partial charge on any atom is 0.232 e. The van der Waals surface area contributed by atoms with E-state index in [4.69, 9.17) is 0 Å². The molecular formula is C16H17FN2O3S. The molecule has 0 atom stereocenters. The number of hydrogen-bond acceptors (Lipinski definition) is 3. The van der Waals surface area contributed by atoms with Gasteiger partial charge in [-0.2, -0.15) is 0 Å². The van der Waals surface area contributed by atoms with Crippen LogP contribution < -0.4 is 9.62 Å². The van der Waals surface area contributed by atoms with E-state index in [0.717, 1.165) is 10.6 Å². The highest BCUT2D eigenvalue weighted by atomic mass is 32.2. The quantitative estimate of drug-likeness (QED) is 0.882. The number of carbonyl (C=O) groups is 1. The van der Waals surface area contributed by atoms with E-state index in [0.29, 0.717) is 5.69 Å². The van der Waals surface area contributed by atoms with Gasteiger partial charge in [0.15, 0.2) is 0 Å². The lowest BCUT2D eigenvalue weighted by Gasteiger charge is -2.22. The molecule has 122 valence electrons. The summed E-state index contributed by atoms with van der Waals surface area (Å²) in [6.45, 7) is -0.0247. The maximum atomic E-state index is 13.5. The Balaban J connectivity index is 2.05. The Labute approximate surface area is 134 Å². The molecule has 1 N–H and O–H groups in total. The first-order valence-corrected chi connectivity index (χ1v) is 8.80. The molecule has 0 aliphatic rings. The van der Waals surface area contributed by atoms with Crippen LogP contribution >= 0.6 is 0 Å². The summed E-state index contributed by atoms with van der Waals surface area (Å²) >= 11 is 0.